The number of carboxylic acid groups (broad SMARTS) is 1. The lowest BCUT2D eigenvalue weighted by Crippen LogP contribution is -2.01. The Labute approximate surface area is 141 Å². The van der Waals surface area contributed by atoms with Gasteiger partial charge in [0.05, 0.1) is 6.61 Å². The number of carbonyl (C=O) groups is 2. The zero-order valence-corrected chi connectivity index (χ0v) is 15.3. The molecule has 0 aromatic carbocycles. The summed E-state index contributed by atoms with van der Waals surface area (Å²) in [6, 6.07) is 0. The minimum Gasteiger partial charge on any atom is -0.478 e. The minimum absolute atomic E-state index is 0.210. The molecule has 134 valence electrons. The van der Waals surface area contributed by atoms with Crippen LogP contribution in [-0.2, 0) is 14.3 Å². The molecule has 0 aromatic rings. The summed E-state index contributed by atoms with van der Waals surface area (Å²) in [5, 5.41) is 8.41. The molecule has 0 radical (unpaired) electrons. The highest BCUT2D eigenvalue weighted by molar-refractivity contribution is 5.85. The van der Waals surface area contributed by atoms with Crippen molar-refractivity contribution in [2.45, 2.75) is 79.1 Å². The molecule has 0 aliphatic heterocycles. The van der Waals surface area contributed by atoms with Gasteiger partial charge in [-0.2, -0.15) is 0 Å². The largest absolute Gasteiger partial charge is 0.478 e. The van der Waals surface area contributed by atoms with Crippen LogP contribution in [0.4, 0.5) is 0 Å². The molecule has 0 saturated carbocycles. The molecular weight excluding hydrogens is 292 g/mol. The third-order valence-electron chi connectivity index (χ3n) is 3.08. The van der Waals surface area contributed by atoms with Crippen molar-refractivity contribution in [1.82, 2.24) is 0 Å². The molecule has 0 aliphatic carbocycles. The Hall–Kier alpha value is -1.58. The van der Waals surface area contributed by atoms with E-state index < -0.39 is 5.97 Å². The lowest BCUT2D eigenvalue weighted by atomic mass is 10.2. The fourth-order valence-electron chi connectivity index (χ4n) is 1.57. The number of hydrogen-bond donors (Lipinski definition) is 1. The smallest absolute Gasteiger partial charge is 0.330 e. The van der Waals surface area contributed by atoms with Crippen molar-refractivity contribution < 1.29 is 19.4 Å². The van der Waals surface area contributed by atoms with E-state index in [0.29, 0.717) is 12.2 Å². The number of carboxylic acids is 1. The molecule has 0 unspecified atom stereocenters. The van der Waals surface area contributed by atoms with Crippen molar-refractivity contribution in [3.63, 3.8) is 0 Å². The van der Waals surface area contributed by atoms with Crippen LogP contribution < -0.4 is 0 Å². The lowest BCUT2D eigenvalue weighted by Gasteiger charge is -2.00. The molecule has 0 amide bonds. The number of aliphatic carboxylic acids is 1. The molecular formula is C19H34O4. The van der Waals surface area contributed by atoms with E-state index in [9.17, 15) is 9.59 Å². The van der Waals surface area contributed by atoms with Gasteiger partial charge in [-0.25, -0.2) is 9.59 Å². The van der Waals surface area contributed by atoms with Crippen LogP contribution in [0.1, 0.15) is 79.1 Å². The van der Waals surface area contributed by atoms with E-state index in [4.69, 9.17) is 9.84 Å². The first kappa shape index (κ1) is 23.7. The number of unbranched alkanes of at least 4 members (excludes halogenated alkanes) is 5. The van der Waals surface area contributed by atoms with Crippen LogP contribution >= 0.6 is 0 Å². The first-order valence-corrected chi connectivity index (χ1v) is 8.72. The number of ether oxygens (including phenoxy) is 1. The summed E-state index contributed by atoms with van der Waals surface area (Å²) in [5.41, 5.74) is 0.452. The van der Waals surface area contributed by atoms with Crippen LogP contribution in [0.3, 0.4) is 0 Å². The predicted molar refractivity (Wildman–Crippen MR) is 95.4 cm³/mol. The molecule has 0 rings (SSSR count). The van der Waals surface area contributed by atoms with Gasteiger partial charge >= 0.3 is 11.9 Å². The second-order valence-corrected chi connectivity index (χ2v) is 5.37. The maximum atomic E-state index is 10.9. The molecule has 0 heterocycles. The van der Waals surface area contributed by atoms with Gasteiger partial charge in [-0.3, -0.25) is 0 Å². The second kappa shape index (κ2) is 18.5. The van der Waals surface area contributed by atoms with Gasteiger partial charge in [0.2, 0.25) is 0 Å². The summed E-state index contributed by atoms with van der Waals surface area (Å²) >= 11 is 0. The van der Waals surface area contributed by atoms with Gasteiger partial charge in [0.1, 0.15) is 0 Å². The quantitative estimate of drug-likeness (QED) is 0.318. The first-order valence-electron chi connectivity index (χ1n) is 8.72. The standard InChI is InChI=1S/C11H20O2.C8H14O2/c1-3-5-7-8-10-13-11(12)9-6-4-2;1-3-4-5-6-7(2)8(9)10/h6,9H,3-5,7-8,10H2,1-2H3;6H,3-5H2,1-2H3,(H,9,10). The third kappa shape index (κ3) is 20.4. The molecule has 0 aliphatic rings. The normalized spacial score (nSPS) is 11.0. The van der Waals surface area contributed by atoms with Crippen LogP contribution in [0.25, 0.3) is 0 Å². The highest BCUT2D eigenvalue weighted by atomic mass is 16.5. The Morgan fingerprint density at radius 3 is 2.17 bits per heavy atom. The van der Waals surface area contributed by atoms with Crippen LogP contribution in [0.15, 0.2) is 23.8 Å². The number of esters is 1. The van der Waals surface area contributed by atoms with Crippen LogP contribution in [0.2, 0.25) is 0 Å². The van der Waals surface area contributed by atoms with E-state index in [1.54, 1.807) is 13.0 Å². The Morgan fingerprint density at radius 2 is 1.65 bits per heavy atom. The van der Waals surface area contributed by atoms with E-state index in [-0.39, 0.29) is 5.97 Å². The molecule has 1 N–H and O–H groups in total. The number of hydrogen-bond acceptors (Lipinski definition) is 3. The molecule has 0 saturated heterocycles. The van der Waals surface area contributed by atoms with Crippen LogP contribution in [-0.4, -0.2) is 23.7 Å². The van der Waals surface area contributed by atoms with Gasteiger partial charge in [0.25, 0.3) is 0 Å². The Kier molecular flexibility index (Phi) is 19.0. The number of allylic oxidation sites excluding steroid dienone is 2. The van der Waals surface area contributed by atoms with Gasteiger partial charge < -0.3 is 9.84 Å². The SMILES string of the molecule is CCC=CC(=O)OCCCCCC.CCCCC=C(C)C(=O)O. The van der Waals surface area contributed by atoms with Crippen molar-refractivity contribution in [3.8, 4) is 0 Å². The summed E-state index contributed by atoms with van der Waals surface area (Å²) in [6.45, 7) is 8.43. The first-order chi connectivity index (χ1) is 11.0. The maximum Gasteiger partial charge on any atom is 0.330 e. The molecule has 0 atom stereocenters. The fraction of sp³-hybridized carbons (Fsp3) is 0.684. The number of carbonyl (C=O) groups excluding carboxylic acids is 1. The minimum atomic E-state index is -0.809. The average Bonchev–Trinajstić information content (AvgIpc) is 2.53. The van der Waals surface area contributed by atoms with E-state index in [1.807, 2.05) is 13.0 Å². The van der Waals surface area contributed by atoms with E-state index >= 15 is 0 Å². The highest BCUT2D eigenvalue weighted by Crippen LogP contribution is 2.00. The Bertz CT molecular complexity index is 356. The summed E-state index contributed by atoms with van der Waals surface area (Å²) in [4.78, 5) is 21.2. The molecule has 4 nitrogen and oxygen atoms in total. The van der Waals surface area contributed by atoms with Crippen molar-refractivity contribution in [2.75, 3.05) is 6.61 Å². The molecule has 0 fully saturated rings. The molecule has 0 bridgehead atoms. The molecule has 0 spiro atoms. The Balaban J connectivity index is 0. The zero-order chi connectivity index (χ0) is 17.9. The predicted octanol–water partition coefficient (Wildman–Crippen LogP) is 5.28. The molecule has 4 heteroatoms. The van der Waals surface area contributed by atoms with Crippen molar-refractivity contribution in [1.29, 1.82) is 0 Å². The van der Waals surface area contributed by atoms with Crippen molar-refractivity contribution in [2.24, 2.45) is 0 Å². The maximum absolute atomic E-state index is 10.9. The zero-order valence-electron chi connectivity index (χ0n) is 15.3. The van der Waals surface area contributed by atoms with E-state index in [0.717, 1.165) is 38.5 Å². The second-order valence-electron chi connectivity index (χ2n) is 5.37. The molecule has 23 heavy (non-hydrogen) atoms. The Morgan fingerprint density at radius 1 is 1.00 bits per heavy atom. The summed E-state index contributed by atoms with van der Waals surface area (Å²) in [7, 11) is 0. The average molecular weight is 326 g/mol. The monoisotopic (exact) mass is 326 g/mol. The van der Waals surface area contributed by atoms with Crippen molar-refractivity contribution >= 4 is 11.9 Å². The van der Waals surface area contributed by atoms with Gasteiger partial charge in [0.15, 0.2) is 0 Å². The fourth-order valence-corrected chi connectivity index (χ4v) is 1.57. The summed E-state index contributed by atoms with van der Waals surface area (Å²) < 4.78 is 4.96. The van der Waals surface area contributed by atoms with Gasteiger partial charge in [-0.1, -0.05) is 65.0 Å². The van der Waals surface area contributed by atoms with Gasteiger partial charge in [-0.15, -0.1) is 0 Å². The molecule has 0 aromatic heterocycles. The van der Waals surface area contributed by atoms with E-state index in [2.05, 4.69) is 13.8 Å². The van der Waals surface area contributed by atoms with Gasteiger partial charge in [0, 0.05) is 11.6 Å². The van der Waals surface area contributed by atoms with Gasteiger partial charge in [-0.05, 0) is 26.2 Å². The number of rotatable bonds is 11. The topological polar surface area (TPSA) is 63.6 Å². The highest BCUT2D eigenvalue weighted by Gasteiger charge is 1.96. The van der Waals surface area contributed by atoms with E-state index in [1.165, 1.54) is 18.9 Å². The summed E-state index contributed by atoms with van der Waals surface area (Å²) in [6.07, 6.45) is 13.6. The lowest BCUT2D eigenvalue weighted by molar-refractivity contribution is -0.138. The summed E-state index contributed by atoms with van der Waals surface area (Å²) in [5.74, 6) is -1.02. The van der Waals surface area contributed by atoms with Crippen LogP contribution in [0.5, 0.6) is 0 Å². The van der Waals surface area contributed by atoms with Crippen LogP contribution in [0, 0.1) is 0 Å². The third-order valence-corrected chi connectivity index (χ3v) is 3.08. The van der Waals surface area contributed by atoms with Crippen molar-refractivity contribution in [3.05, 3.63) is 23.8 Å².